The molecular weight excluding hydrogens is 220 g/mol. The first kappa shape index (κ1) is 13.4. The van der Waals surface area contributed by atoms with Crippen molar-refractivity contribution in [2.75, 3.05) is 11.9 Å². The summed E-state index contributed by atoms with van der Waals surface area (Å²) in [6, 6.07) is 6.14. The highest BCUT2D eigenvalue weighted by Crippen LogP contribution is 2.20. The fourth-order valence-electron chi connectivity index (χ4n) is 1.22. The Morgan fingerprint density at radius 2 is 1.88 bits per heavy atom. The number of nitrogens with one attached hydrogen (secondary N) is 1. The maximum absolute atomic E-state index is 10.5. The number of rotatable bonds is 4. The van der Waals surface area contributed by atoms with Crippen molar-refractivity contribution in [3.63, 3.8) is 0 Å². The van der Waals surface area contributed by atoms with E-state index in [1.54, 1.807) is 12.1 Å². The maximum Gasteiger partial charge on any atom is 0.269 e. The van der Waals surface area contributed by atoms with Crippen LogP contribution in [0.15, 0.2) is 24.3 Å². The number of benzene rings is 1. The average molecular weight is 238 g/mol. The fraction of sp³-hybridized carbons (Fsp3) is 0.500. The normalized spacial score (nSPS) is 13.2. The molecule has 0 bridgehead atoms. The third-order valence-corrected chi connectivity index (χ3v) is 2.58. The number of aliphatic hydroxyl groups is 1. The van der Waals surface area contributed by atoms with Crippen LogP contribution in [-0.4, -0.2) is 22.7 Å². The SMILES string of the molecule is CC(C)(C)[C@H](O)CNc1ccc([N+](=O)[O-])cc1. The van der Waals surface area contributed by atoms with Crippen molar-refractivity contribution in [2.45, 2.75) is 26.9 Å². The van der Waals surface area contributed by atoms with Gasteiger partial charge in [-0.25, -0.2) is 0 Å². The van der Waals surface area contributed by atoms with Crippen LogP contribution in [0.3, 0.4) is 0 Å². The standard InChI is InChI=1S/C12H18N2O3/c1-12(2,3)11(15)8-13-9-4-6-10(7-5-9)14(16)17/h4-7,11,13,15H,8H2,1-3H3/t11-/m1/s1. The smallest absolute Gasteiger partial charge is 0.269 e. The van der Waals surface area contributed by atoms with E-state index in [9.17, 15) is 15.2 Å². The van der Waals surface area contributed by atoms with Gasteiger partial charge in [0.2, 0.25) is 0 Å². The number of nitro benzene ring substituents is 1. The molecule has 0 unspecified atom stereocenters. The second-order valence-electron chi connectivity index (χ2n) is 5.07. The molecule has 1 atom stereocenters. The van der Waals surface area contributed by atoms with Crippen LogP contribution in [0.1, 0.15) is 20.8 Å². The van der Waals surface area contributed by atoms with Gasteiger partial charge in [-0.3, -0.25) is 10.1 Å². The summed E-state index contributed by atoms with van der Waals surface area (Å²) >= 11 is 0. The lowest BCUT2D eigenvalue weighted by Gasteiger charge is -2.26. The van der Waals surface area contributed by atoms with Gasteiger partial charge in [-0.2, -0.15) is 0 Å². The van der Waals surface area contributed by atoms with Crippen LogP contribution in [0.25, 0.3) is 0 Å². The Hall–Kier alpha value is -1.62. The molecule has 17 heavy (non-hydrogen) atoms. The molecule has 0 aliphatic heterocycles. The Labute approximate surface area is 101 Å². The summed E-state index contributed by atoms with van der Waals surface area (Å²) < 4.78 is 0. The van der Waals surface area contributed by atoms with Crippen molar-refractivity contribution in [3.05, 3.63) is 34.4 Å². The molecule has 2 N–H and O–H groups in total. The quantitative estimate of drug-likeness (QED) is 0.624. The van der Waals surface area contributed by atoms with E-state index >= 15 is 0 Å². The lowest BCUT2D eigenvalue weighted by Crippen LogP contribution is -2.32. The van der Waals surface area contributed by atoms with Crippen LogP contribution in [-0.2, 0) is 0 Å². The number of hydrogen-bond acceptors (Lipinski definition) is 4. The third kappa shape index (κ3) is 4.03. The first-order valence-electron chi connectivity index (χ1n) is 5.47. The molecule has 5 heteroatoms. The van der Waals surface area contributed by atoms with Crippen molar-refractivity contribution in [1.82, 2.24) is 0 Å². The fourth-order valence-corrected chi connectivity index (χ4v) is 1.22. The highest BCUT2D eigenvalue weighted by molar-refractivity contribution is 5.48. The van der Waals surface area contributed by atoms with Crippen LogP contribution >= 0.6 is 0 Å². The summed E-state index contributed by atoms with van der Waals surface area (Å²) in [5.41, 5.74) is 0.638. The van der Waals surface area contributed by atoms with Crippen LogP contribution in [0.4, 0.5) is 11.4 Å². The van der Waals surface area contributed by atoms with E-state index in [4.69, 9.17) is 0 Å². The van der Waals surface area contributed by atoms with Crippen LogP contribution in [0.2, 0.25) is 0 Å². The van der Waals surface area contributed by atoms with Gasteiger partial charge < -0.3 is 10.4 Å². The second-order valence-corrected chi connectivity index (χ2v) is 5.07. The summed E-state index contributed by atoms with van der Waals surface area (Å²) in [6.07, 6.45) is -0.474. The zero-order valence-corrected chi connectivity index (χ0v) is 10.3. The summed E-state index contributed by atoms with van der Waals surface area (Å²) in [5, 5.41) is 23.3. The summed E-state index contributed by atoms with van der Waals surface area (Å²) in [7, 11) is 0. The highest BCUT2D eigenvalue weighted by Gasteiger charge is 2.21. The van der Waals surface area contributed by atoms with Crippen molar-refractivity contribution in [3.8, 4) is 0 Å². The third-order valence-electron chi connectivity index (χ3n) is 2.58. The highest BCUT2D eigenvalue weighted by atomic mass is 16.6. The summed E-state index contributed by atoms with van der Waals surface area (Å²) in [5.74, 6) is 0. The lowest BCUT2D eigenvalue weighted by atomic mass is 9.89. The first-order chi connectivity index (χ1) is 7.80. The molecule has 5 nitrogen and oxygen atoms in total. The predicted molar refractivity (Wildman–Crippen MR) is 67.0 cm³/mol. The van der Waals surface area contributed by atoms with Crippen molar-refractivity contribution in [1.29, 1.82) is 0 Å². The Morgan fingerprint density at radius 1 is 1.35 bits per heavy atom. The van der Waals surface area contributed by atoms with Gasteiger partial charge in [-0.1, -0.05) is 20.8 Å². The number of hydrogen-bond donors (Lipinski definition) is 2. The minimum atomic E-state index is -0.474. The molecule has 0 aliphatic rings. The molecule has 0 heterocycles. The van der Waals surface area contributed by atoms with E-state index in [2.05, 4.69) is 5.32 Å². The van der Waals surface area contributed by atoms with Crippen molar-refractivity contribution in [2.24, 2.45) is 5.41 Å². The van der Waals surface area contributed by atoms with Gasteiger partial charge in [0.25, 0.3) is 5.69 Å². The van der Waals surface area contributed by atoms with Gasteiger partial charge in [0.05, 0.1) is 11.0 Å². The van der Waals surface area contributed by atoms with Gasteiger partial charge in [0.15, 0.2) is 0 Å². The molecule has 0 spiro atoms. The topological polar surface area (TPSA) is 75.4 Å². The van der Waals surface area contributed by atoms with Gasteiger partial charge in [0, 0.05) is 24.4 Å². The Kier molecular flexibility index (Phi) is 4.07. The predicted octanol–water partition coefficient (Wildman–Crippen LogP) is 2.41. The molecule has 1 rings (SSSR count). The summed E-state index contributed by atoms with van der Waals surface area (Å²) in [4.78, 5) is 10.0. The van der Waals surface area contributed by atoms with E-state index in [1.807, 2.05) is 20.8 Å². The zero-order valence-electron chi connectivity index (χ0n) is 10.3. The minimum absolute atomic E-state index is 0.0620. The molecule has 0 fully saturated rings. The molecule has 0 amide bonds. The van der Waals surface area contributed by atoms with Gasteiger partial charge >= 0.3 is 0 Å². The van der Waals surface area contributed by atoms with Crippen LogP contribution in [0.5, 0.6) is 0 Å². The Balaban J connectivity index is 2.56. The van der Waals surface area contributed by atoms with Crippen LogP contribution < -0.4 is 5.32 Å². The van der Waals surface area contributed by atoms with E-state index in [0.29, 0.717) is 6.54 Å². The molecule has 0 aromatic heterocycles. The van der Waals surface area contributed by atoms with Crippen molar-refractivity contribution >= 4 is 11.4 Å². The van der Waals surface area contributed by atoms with Gasteiger partial charge in [-0.05, 0) is 17.5 Å². The maximum atomic E-state index is 10.5. The molecule has 0 saturated heterocycles. The van der Waals surface area contributed by atoms with E-state index < -0.39 is 11.0 Å². The molecule has 1 aromatic carbocycles. The first-order valence-corrected chi connectivity index (χ1v) is 5.47. The average Bonchev–Trinajstić information content (AvgIpc) is 2.25. The van der Waals surface area contributed by atoms with Crippen molar-refractivity contribution < 1.29 is 10.0 Å². The largest absolute Gasteiger partial charge is 0.391 e. The number of anilines is 1. The lowest BCUT2D eigenvalue weighted by molar-refractivity contribution is -0.384. The molecule has 1 aromatic rings. The number of nitrogens with zero attached hydrogens (tertiary/aromatic N) is 1. The van der Waals surface area contributed by atoms with Crippen LogP contribution in [0, 0.1) is 15.5 Å². The molecule has 94 valence electrons. The Morgan fingerprint density at radius 3 is 2.29 bits per heavy atom. The monoisotopic (exact) mass is 238 g/mol. The zero-order chi connectivity index (χ0) is 13.1. The molecule has 0 saturated carbocycles. The molecular formula is C12H18N2O3. The Bertz CT molecular complexity index is 382. The van der Waals surface area contributed by atoms with E-state index in [-0.39, 0.29) is 11.1 Å². The number of aliphatic hydroxyl groups excluding tert-OH is 1. The number of nitro groups is 1. The molecule has 0 radical (unpaired) electrons. The number of non-ortho nitro benzene ring substituents is 1. The summed E-state index contributed by atoms with van der Waals surface area (Å²) in [6.45, 7) is 6.28. The minimum Gasteiger partial charge on any atom is -0.391 e. The molecule has 0 aliphatic carbocycles. The second kappa shape index (κ2) is 5.14. The van der Waals surface area contributed by atoms with Gasteiger partial charge in [-0.15, -0.1) is 0 Å². The van der Waals surface area contributed by atoms with E-state index in [0.717, 1.165) is 5.69 Å². The van der Waals surface area contributed by atoms with E-state index in [1.165, 1.54) is 12.1 Å². The van der Waals surface area contributed by atoms with Gasteiger partial charge in [0.1, 0.15) is 0 Å².